The van der Waals surface area contributed by atoms with E-state index in [1.54, 1.807) is 24.3 Å². The van der Waals surface area contributed by atoms with Gasteiger partial charge >= 0.3 is 0 Å². The van der Waals surface area contributed by atoms with E-state index in [1.807, 2.05) is 18.2 Å². The third kappa shape index (κ3) is 7.64. The molecule has 3 heterocycles. The van der Waals surface area contributed by atoms with Crippen molar-refractivity contribution in [2.75, 3.05) is 64.9 Å². The van der Waals surface area contributed by atoms with Crippen molar-refractivity contribution in [3.05, 3.63) is 77.3 Å². The van der Waals surface area contributed by atoms with Crippen LogP contribution in [-0.2, 0) is 11.3 Å². The molecule has 226 valence electrons. The largest absolute Gasteiger partial charge is 0.492 e. The Balaban J connectivity index is 1.20. The Labute approximate surface area is 255 Å². The molecule has 9 nitrogen and oxygen atoms in total. The van der Waals surface area contributed by atoms with Gasteiger partial charge in [0.1, 0.15) is 54.5 Å². The van der Waals surface area contributed by atoms with Crippen LogP contribution >= 0.6 is 11.6 Å². The van der Waals surface area contributed by atoms with Gasteiger partial charge in [-0.1, -0.05) is 23.7 Å². The zero-order valence-corrected chi connectivity index (χ0v) is 24.9. The zero-order chi connectivity index (χ0) is 29.6. The van der Waals surface area contributed by atoms with Gasteiger partial charge in [0.15, 0.2) is 0 Å². The van der Waals surface area contributed by atoms with Crippen LogP contribution in [0.25, 0.3) is 10.9 Å². The second-order valence-electron chi connectivity index (χ2n) is 10.8. The molecule has 1 N–H and O–H groups in total. The number of piperazine rings is 1. The summed E-state index contributed by atoms with van der Waals surface area (Å²) in [7, 11) is 2.15. The summed E-state index contributed by atoms with van der Waals surface area (Å²) in [5, 5.41) is 4.52. The van der Waals surface area contributed by atoms with Gasteiger partial charge in [0.25, 0.3) is 0 Å². The molecular formula is C32H35ClFN5O4. The lowest BCUT2D eigenvalue weighted by Gasteiger charge is -2.32. The van der Waals surface area contributed by atoms with Gasteiger partial charge in [-0.2, -0.15) is 0 Å². The molecule has 6 rings (SSSR count). The van der Waals surface area contributed by atoms with Crippen molar-refractivity contribution in [1.29, 1.82) is 0 Å². The van der Waals surface area contributed by atoms with E-state index in [1.165, 1.54) is 18.5 Å². The normalized spacial score (nSPS) is 17.7. The lowest BCUT2D eigenvalue weighted by Crippen LogP contribution is -2.45. The van der Waals surface area contributed by atoms with Crippen molar-refractivity contribution in [2.45, 2.75) is 19.1 Å². The van der Waals surface area contributed by atoms with Crippen molar-refractivity contribution in [3.8, 4) is 17.2 Å². The van der Waals surface area contributed by atoms with E-state index < -0.39 is 0 Å². The number of likely N-dealkylation sites (N-methyl/N-ethyl adjacent to an activating group) is 1. The number of rotatable bonds is 11. The molecule has 1 aromatic heterocycles. The first-order valence-electron chi connectivity index (χ1n) is 14.5. The summed E-state index contributed by atoms with van der Waals surface area (Å²) in [6.45, 7) is 7.05. The molecule has 0 amide bonds. The van der Waals surface area contributed by atoms with Crippen molar-refractivity contribution >= 4 is 34.0 Å². The Bertz CT molecular complexity index is 1550. The number of nitrogens with zero attached hydrogens (tertiary/aromatic N) is 4. The molecule has 0 spiro atoms. The minimum absolute atomic E-state index is 0.0687. The van der Waals surface area contributed by atoms with E-state index in [-0.39, 0.29) is 18.5 Å². The second-order valence-corrected chi connectivity index (χ2v) is 11.2. The third-order valence-corrected chi connectivity index (χ3v) is 7.90. The van der Waals surface area contributed by atoms with Crippen LogP contribution in [0.5, 0.6) is 17.2 Å². The number of hydrogen-bond donors (Lipinski definition) is 1. The van der Waals surface area contributed by atoms with E-state index in [0.29, 0.717) is 64.7 Å². The second kappa shape index (κ2) is 13.7. The molecular weight excluding hydrogens is 573 g/mol. The van der Waals surface area contributed by atoms with Crippen LogP contribution < -0.4 is 19.5 Å². The van der Waals surface area contributed by atoms with Crippen molar-refractivity contribution < 1.29 is 23.3 Å². The molecule has 2 aliphatic heterocycles. The van der Waals surface area contributed by atoms with E-state index >= 15 is 0 Å². The average Bonchev–Trinajstić information content (AvgIpc) is 3.51. The van der Waals surface area contributed by atoms with E-state index in [0.717, 1.165) is 44.5 Å². The lowest BCUT2D eigenvalue weighted by molar-refractivity contribution is 0.133. The quantitative estimate of drug-likeness (QED) is 0.236. The van der Waals surface area contributed by atoms with Gasteiger partial charge in [0.2, 0.25) is 0 Å². The molecule has 2 saturated heterocycles. The summed E-state index contributed by atoms with van der Waals surface area (Å²) >= 11 is 6.56. The summed E-state index contributed by atoms with van der Waals surface area (Å²) in [4.78, 5) is 13.8. The number of halogens is 2. The van der Waals surface area contributed by atoms with Gasteiger partial charge < -0.3 is 29.2 Å². The molecule has 0 radical (unpaired) electrons. The predicted octanol–water partition coefficient (Wildman–Crippen LogP) is 5.54. The smallest absolute Gasteiger partial charge is 0.145 e. The fourth-order valence-corrected chi connectivity index (χ4v) is 5.41. The van der Waals surface area contributed by atoms with Crippen LogP contribution in [0, 0.1) is 5.82 Å². The summed E-state index contributed by atoms with van der Waals surface area (Å²) in [6, 6.07) is 15.5. The number of aromatic nitrogens is 2. The SMILES string of the molecule is CN1CCN(CCOc2cc(OC3CCOC3)c3c(Nc4ccc(OCc5cccc(F)c5)c(Cl)c4)ncnc3c2)CC1. The molecule has 43 heavy (non-hydrogen) atoms. The van der Waals surface area contributed by atoms with Crippen molar-refractivity contribution in [3.63, 3.8) is 0 Å². The van der Waals surface area contributed by atoms with Gasteiger partial charge in [-0.15, -0.1) is 0 Å². The maximum atomic E-state index is 13.5. The monoisotopic (exact) mass is 607 g/mol. The first kappa shape index (κ1) is 29.4. The topological polar surface area (TPSA) is 81.2 Å². The molecule has 0 bridgehead atoms. The highest BCUT2D eigenvalue weighted by Crippen LogP contribution is 2.37. The van der Waals surface area contributed by atoms with Gasteiger partial charge in [-0.25, -0.2) is 14.4 Å². The van der Waals surface area contributed by atoms with E-state index in [4.69, 9.17) is 30.5 Å². The maximum Gasteiger partial charge on any atom is 0.145 e. The number of fused-ring (bicyclic) bond motifs is 1. The molecule has 2 fully saturated rings. The summed E-state index contributed by atoms with van der Waals surface area (Å²) in [5.41, 5.74) is 2.13. The van der Waals surface area contributed by atoms with Gasteiger partial charge in [-0.05, 0) is 42.9 Å². The van der Waals surface area contributed by atoms with E-state index in [2.05, 4.69) is 32.1 Å². The minimum atomic E-state index is -0.308. The standard InChI is InChI=1S/C32H35ClFN5O4/c1-38-8-10-39(11-9-38)12-14-41-26-17-28-31(30(18-26)43-25-7-13-40-20-25)32(36-21-35-28)37-24-5-6-29(27(33)16-24)42-19-22-3-2-4-23(34)15-22/h2-6,15-18,21,25H,7-14,19-20H2,1H3,(H,35,36,37). The van der Waals surface area contributed by atoms with Crippen LogP contribution in [0.1, 0.15) is 12.0 Å². The first-order valence-corrected chi connectivity index (χ1v) is 14.9. The Morgan fingerprint density at radius 2 is 1.91 bits per heavy atom. The molecule has 1 atom stereocenters. The van der Waals surface area contributed by atoms with Crippen LogP contribution in [0.2, 0.25) is 5.02 Å². The molecule has 0 aliphatic carbocycles. The number of hydrogen-bond acceptors (Lipinski definition) is 9. The summed E-state index contributed by atoms with van der Waals surface area (Å²) < 4.78 is 37.5. The maximum absolute atomic E-state index is 13.5. The van der Waals surface area contributed by atoms with Crippen LogP contribution in [-0.4, -0.2) is 85.5 Å². The highest BCUT2D eigenvalue weighted by atomic mass is 35.5. The third-order valence-electron chi connectivity index (χ3n) is 7.61. The zero-order valence-electron chi connectivity index (χ0n) is 24.1. The molecule has 3 aromatic carbocycles. The van der Waals surface area contributed by atoms with E-state index in [9.17, 15) is 4.39 Å². The first-order chi connectivity index (χ1) is 21.0. The van der Waals surface area contributed by atoms with Crippen LogP contribution in [0.3, 0.4) is 0 Å². The van der Waals surface area contributed by atoms with Crippen LogP contribution in [0.15, 0.2) is 60.9 Å². The Morgan fingerprint density at radius 3 is 2.70 bits per heavy atom. The highest BCUT2D eigenvalue weighted by molar-refractivity contribution is 6.32. The predicted molar refractivity (Wildman–Crippen MR) is 164 cm³/mol. The van der Waals surface area contributed by atoms with Gasteiger partial charge in [0.05, 0.1) is 29.1 Å². The minimum Gasteiger partial charge on any atom is -0.492 e. The summed E-state index contributed by atoms with van der Waals surface area (Å²) in [6.07, 6.45) is 2.25. The van der Waals surface area contributed by atoms with Gasteiger partial charge in [0, 0.05) is 57.0 Å². The van der Waals surface area contributed by atoms with Crippen molar-refractivity contribution in [1.82, 2.24) is 19.8 Å². The molecule has 2 aliphatic rings. The Kier molecular flexibility index (Phi) is 9.38. The average molecular weight is 608 g/mol. The summed E-state index contributed by atoms with van der Waals surface area (Å²) in [5.74, 6) is 2.09. The molecule has 0 saturated carbocycles. The molecule has 4 aromatic rings. The number of ether oxygens (including phenoxy) is 4. The number of anilines is 2. The number of benzene rings is 3. The Morgan fingerprint density at radius 1 is 1.02 bits per heavy atom. The Hall–Kier alpha value is -3.70. The fraction of sp³-hybridized carbons (Fsp3) is 0.375. The number of nitrogens with one attached hydrogen (secondary N) is 1. The lowest BCUT2D eigenvalue weighted by atomic mass is 10.2. The van der Waals surface area contributed by atoms with Crippen molar-refractivity contribution in [2.24, 2.45) is 0 Å². The van der Waals surface area contributed by atoms with Gasteiger partial charge in [-0.3, -0.25) is 4.90 Å². The van der Waals surface area contributed by atoms with Crippen LogP contribution in [0.4, 0.5) is 15.9 Å². The molecule has 1 unspecified atom stereocenters. The highest BCUT2D eigenvalue weighted by Gasteiger charge is 2.22. The molecule has 11 heteroatoms. The fourth-order valence-electron chi connectivity index (χ4n) is 5.17.